The number of benzene rings is 1. The van der Waals surface area contributed by atoms with E-state index in [1.54, 1.807) is 13.2 Å². The lowest BCUT2D eigenvalue weighted by Crippen LogP contribution is -2.08. The molecule has 19 heavy (non-hydrogen) atoms. The minimum Gasteiger partial charge on any atom is -0.496 e. The van der Waals surface area contributed by atoms with E-state index < -0.39 is 0 Å². The average molecular weight is 283 g/mol. The molecule has 0 amide bonds. The molecule has 0 aliphatic heterocycles. The van der Waals surface area contributed by atoms with Crippen molar-refractivity contribution in [3.05, 3.63) is 35.4 Å². The van der Waals surface area contributed by atoms with Gasteiger partial charge >= 0.3 is 0 Å². The monoisotopic (exact) mass is 282 g/mol. The van der Waals surface area contributed by atoms with E-state index in [4.69, 9.17) is 21.1 Å². The summed E-state index contributed by atoms with van der Waals surface area (Å²) < 4.78 is 11.2. The van der Waals surface area contributed by atoms with Gasteiger partial charge in [0, 0.05) is 11.6 Å². The molecule has 0 bridgehead atoms. The van der Waals surface area contributed by atoms with Gasteiger partial charge in [-0.05, 0) is 43.4 Å². The highest BCUT2D eigenvalue weighted by atomic mass is 35.5. The maximum absolute atomic E-state index is 5.73. The van der Waals surface area contributed by atoms with Gasteiger partial charge in [-0.15, -0.1) is 0 Å². The SMILES string of the molecule is COc1cc(OC(C)/C=C/Cl)ccc1CCC(C)C. The molecular weight excluding hydrogens is 260 g/mol. The summed E-state index contributed by atoms with van der Waals surface area (Å²) >= 11 is 5.53. The normalized spacial score (nSPS) is 12.9. The van der Waals surface area contributed by atoms with E-state index in [0.717, 1.165) is 24.3 Å². The van der Waals surface area contributed by atoms with Gasteiger partial charge in [-0.1, -0.05) is 31.5 Å². The highest BCUT2D eigenvalue weighted by molar-refractivity contribution is 6.25. The van der Waals surface area contributed by atoms with Gasteiger partial charge < -0.3 is 9.47 Å². The van der Waals surface area contributed by atoms with Crippen LogP contribution in [-0.2, 0) is 6.42 Å². The molecule has 2 nitrogen and oxygen atoms in total. The van der Waals surface area contributed by atoms with Gasteiger partial charge in [0.15, 0.2) is 0 Å². The van der Waals surface area contributed by atoms with E-state index in [1.165, 1.54) is 11.1 Å². The zero-order chi connectivity index (χ0) is 14.3. The molecule has 0 spiro atoms. The number of rotatable bonds is 7. The first-order valence-electron chi connectivity index (χ1n) is 6.67. The topological polar surface area (TPSA) is 18.5 Å². The van der Waals surface area contributed by atoms with Crippen molar-refractivity contribution < 1.29 is 9.47 Å². The molecule has 0 saturated carbocycles. The van der Waals surface area contributed by atoms with Crippen molar-refractivity contribution in [2.45, 2.75) is 39.7 Å². The van der Waals surface area contributed by atoms with Crippen molar-refractivity contribution in [1.29, 1.82) is 0 Å². The number of aryl methyl sites for hydroxylation is 1. The van der Waals surface area contributed by atoms with Crippen LogP contribution in [0.1, 0.15) is 32.8 Å². The molecule has 1 aromatic carbocycles. The van der Waals surface area contributed by atoms with Gasteiger partial charge in [-0.3, -0.25) is 0 Å². The fraction of sp³-hybridized carbons (Fsp3) is 0.500. The molecule has 1 aromatic rings. The molecule has 1 atom stereocenters. The van der Waals surface area contributed by atoms with E-state index in [0.29, 0.717) is 5.92 Å². The molecule has 0 fully saturated rings. The van der Waals surface area contributed by atoms with Crippen LogP contribution in [0, 0.1) is 5.92 Å². The maximum Gasteiger partial charge on any atom is 0.125 e. The molecule has 1 rings (SSSR count). The van der Waals surface area contributed by atoms with Gasteiger partial charge in [0.2, 0.25) is 0 Å². The zero-order valence-corrected chi connectivity index (χ0v) is 12.9. The van der Waals surface area contributed by atoms with Crippen LogP contribution in [0.5, 0.6) is 11.5 Å². The fourth-order valence-corrected chi connectivity index (χ4v) is 2.01. The Hall–Kier alpha value is -1.15. The van der Waals surface area contributed by atoms with Crippen LogP contribution >= 0.6 is 11.6 Å². The van der Waals surface area contributed by atoms with Gasteiger partial charge in [0.25, 0.3) is 0 Å². The predicted molar refractivity (Wildman–Crippen MR) is 81.2 cm³/mol. The highest BCUT2D eigenvalue weighted by Gasteiger charge is 2.07. The Balaban J connectivity index is 2.77. The molecule has 0 aromatic heterocycles. The van der Waals surface area contributed by atoms with Gasteiger partial charge in [0.05, 0.1) is 7.11 Å². The molecule has 106 valence electrons. The summed E-state index contributed by atoms with van der Waals surface area (Å²) in [5, 5.41) is 0. The van der Waals surface area contributed by atoms with E-state index in [9.17, 15) is 0 Å². The van der Waals surface area contributed by atoms with Crippen LogP contribution in [0.25, 0.3) is 0 Å². The van der Waals surface area contributed by atoms with Crippen molar-refractivity contribution in [3.8, 4) is 11.5 Å². The number of hydrogen-bond acceptors (Lipinski definition) is 2. The van der Waals surface area contributed by atoms with Gasteiger partial charge in [0.1, 0.15) is 17.6 Å². The Bertz CT molecular complexity index is 413. The number of hydrogen-bond donors (Lipinski definition) is 0. The first-order chi connectivity index (χ1) is 9.06. The third-order valence-corrected chi connectivity index (χ3v) is 3.06. The highest BCUT2D eigenvalue weighted by Crippen LogP contribution is 2.27. The molecule has 0 heterocycles. The van der Waals surface area contributed by atoms with E-state index >= 15 is 0 Å². The van der Waals surface area contributed by atoms with Crippen LogP contribution in [0.4, 0.5) is 0 Å². The lowest BCUT2D eigenvalue weighted by atomic mass is 10.0. The van der Waals surface area contributed by atoms with Crippen LogP contribution in [0.2, 0.25) is 0 Å². The fourth-order valence-electron chi connectivity index (χ4n) is 1.81. The molecule has 1 unspecified atom stereocenters. The van der Waals surface area contributed by atoms with Crippen molar-refractivity contribution >= 4 is 11.6 Å². The van der Waals surface area contributed by atoms with Crippen molar-refractivity contribution in [1.82, 2.24) is 0 Å². The smallest absolute Gasteiger partial charge is 0.125 e. The summed E-state index contributed by atoms with van der Waals surface area (Å²) in [4.78, 5) is 0. The minimum absolute atomic E-state index is 0.0521. The lowest BCUT2D eigenvalue weighted by Gasteiger charge is -2.14. The van der Waals surface area contributed by atoms with Crippen LogP contribution in [0.15, 0.2) is 29.8 Å². The third-order valence-electron chi connectivity index (χ3n) is 2.92. The zero-order valence-electron chi connectivity index (χ0n) is 12.2. The van der Waals surface area contributed by atoms with Gasteiger partial charge in [-0.25, -0.2) is 0 Å². The van der Waals surface area contributed by atoms with Crippen molar-refractivity contribution in [2.75, 3.05) is 7.11 Å². The maximum atomic E-state index is 5.73. The molecular formula is C16H23ClO2. The number of halogens is 1. The quantitative estimate of drug-likeness (QED) is 0.715. The second-order valence-electron chi connectivity index (χ2n) is 5.05. The van der Waals surface area contributed by atoms with E-state index in [-0.39, 0.29) is 6.10 Å². The van der Waals surface area contributed by atoms with Crippen molar-refractivity contribution in [3.63, 3.8) is 0 Å². The Labute approximate surface area is 121 Å². The molecule has 0 radical (unpaired) electrons. The van der Waals surface area contributed by atoms with Gasteiger partial charge in [-0.2, -0.15) is 0 Å². The molecule has 3 heteroatoms. The van der Waals surface area contributed by atoms with Crippen molar-refractivity contribution in [2.24, 2.45) is 5.92 Å². The second kappa shape index (κ2) is 8.11. The first-order valence-corrected chi connectivity index (χ1v) is 7.11. The summed E-state index contributed by atoms with van der Waals surface area (Å²) in [7, 11) is 1.69. The van der Waals surface area contributed by atoms with E-state index in [2.05, 4.69) is 19.9 Å². The molecule has 0 saturated heterocycles. The second-order valence-corrected chi connectivity index (χ2v) is 5.30. The summed E-state index contributed by atoms with van der Waals surface area (Å²) in [5.41, 5.74) is 2.70. The molecule has 0 N–H and O–H groups in total. The largest absolute Gasteiger partial charge is 0.496 e. The summed E-state index contributed by atoms with van der Waals surface area (Å²) in [6.07, 6.45) is 3.92. The minimum atomic E-state index is -0.0521. The van der Waals surface area contributed by atoms with Crippen LogP contribution in [-0.4, -0.2) is 13.2 Å². The number of ether oxygens (including phenoxy) is 2. The summed E-state index contributed by atoms with van der Waals surface area (Å²) in [5.74, 6) is 2.38. The third kappa shape index (κ3) is 5.56. The van der Waals surface area contributed by atoms with Crippen LogP contribution in [0.3, 0.4) is 0 Å². The standard InChI is InChI=1S/C16H23ClO2/c1-12(2)5-6-14-7-8-15(11-16(14)18-4)19-13(3)9-10-17/h7-13H,5-6H2,1-4H3/b10-9+. The van der Waals surface area contributed by atoms with E-state index in [1.807, 2.05) is 19.1 Å². The lowest BCUT2D eigenvalue weighted by molar-refractivity contribution is 0.268. The van der Waals surface area contributed by atoms with Crippen LogP contribution < -0.4 is 9.47 Å². The Morgan fingerprint density at radius 3 is 2.58 bits per heavy atom. The molecule has 0 aliphatic rings. The summed E-state index contributed by atoms with van der Waals surface area (Å²) in [6.45, 7) is 6.40. The summed E-state index contributed by atoms with van der Waals surface area (Å²) in [6, 6.07) is 6.00. The Morgan fingerprint density at radius 2 is 2.00 bits per heavy atom. The first kappa shape index (κ1) is 15.9. The number of methoxy groups -OCH3 is 1. The molecule has 0 aliphatic carbocycles. The Morgan fingerprint density at radius 1 is 1.26 bits per heavy atom. The Kier molecular flexibility index (Phi) is 6.79. The average Bonchev–Trinajstić information content (AvgIpc) is 2.37. The predicted octanol–water partition coefficient (Wildman–Crippen LogP) is 4.80.